The van der Waals surface area contributed by atoms with E-state index in [2.05, 4.69) is 71.6 Å². The summed E-state index contributed by atoms with van der Waals surface area (Å²) in [4.78, 5) is 0. The molecule has 4 heteroatoms. The molecule has 0 aliphatic rings. The van der Waals surface area contributed by atoms with Crippen LogP contribution in [-0.4, -0.2) is 18.9 Å². The molecule has 34 heavy (non-hydrogen) atoms. The normalized spacial score (nSPS) is 14.9. The van der Waals surface area contributed by atoms with Gasteiger partial charge in [0.15, 0.2) is 8.03 Å². The van der Waals surface area contributed by atoms with Crippen molar-refractivity contribution >= 4 is 17.3 Å². The summed E-state index contributed by atoms with van der Waals surface area (Å²) in [5, 5.41) is 0. The van der Waals surface area contributed by atoms with Gasteiger partial charge in [-0.25, -0.2) is 0 Å². The minimum atomic E-state index is -1.86. The van der Waals surface area contributed by atoms with Crippen molar-refractivity contribution in [1.82, 2.24) is 0 Å². The van der Waals surface area contributed by atoms with Crippen molar-refractivity contribution in [3.05, 3.63) is 0 Å². The lowest BCUT2D eigenvalue weighted by Gasteiger charge is -2.24. The predicted octanol–water partition coefficient (Wildman–Crippen LogP) is 11.2. The summed E-state index contributed by atoms with van der Waals surface area (Å²) in [5.41, 5.74) is 0.624. The van der Waals surface area contributed by atoms with E-state index in [-0.39, 0.29) is 0 Å². The summed E-state index contributed by atoms with van der Waals surface area (Å²) in [6.07, 6.45) is 21.7. The molecule has 4 atom stereocenters. The highest BCUT2D eigenvalue weighted by molar-refractivity contribution is 7.39. The van der Waals surface area contributed by atoms with Crippen molar-refractivity contribution in [1.29, 1.82) is 0 Å². The fourth-order valence-corrected chi connectivity index (χ4v) is 6.38. The third kappa shape index (κ3) is 32.6. The monoisotopic (exact) mass is 520 g/mol. The van der Waals surface area contributed by atoms with E-state index in [1.807, 2.05) is 0 Å². The predicted molar refractivity (Wildman–Crippen MR) is 162 cm³/mol. The van der Waals surface area contributed by atoms with Crippen LogP contribution in [0.15, 0.2) is 0 Å². The minimum absolute atomic E-state index is 0.307. The molecule has 0 saturated heterocycles. The van der Waals surface area contributed by atoms with Gasteiger partial charge >= 0.3 is 0 Å². The van der Waals surface area contributed by atoms with Crippen LogP contribution in [0.3, 0.4) is 0 Å². The lowest BCUT2D eigenvalue weighted by atomic mass is 9.86. The van der Waals surface area contributed by atoms with Crippen LogP contribution in [0.2, 0.25) is 0 Å². The van der Waals surface area contributed by atoms with Crippen molar-refractivity contribution < 1.29 is 9.09 Å². The largest absolute Gasteiger partial charge is 0.330 e. The first-order valence-corrected chi connectivity index (χ1v) is 17.0. The van der Waals surface area contributed by atoms with Crippen LogP contribution >= 0.6 is 17.3 Å². The first-order valence-electron chi connectivity index (χ1n) is 14.7. The molecule has 0 heterocycles. The smallest absolute Gasteiger partial charge is 0.191 e. The molecular weight excluding hydrogens is 454 g/mol. The summed E-state index contributed by atoms with van der Waals surface area (Å²) in [6, 6.07) is 0. The SMILES string of the molecule is CC(CO[PH](=O)CC(C)CC(C)(C)C)CC(C)(C)C.CCCCCCCCCCCCCCP. The molecular formula is C30H66O2P2. The van der Waals surface area contributed by atoms with Crippen molar-refractivity contribution in [2.75, 3.05) is 18.9 Å². The van der Waals surface area contributed by atoms with E-state index >= 15 is 0 Å². The number of hydrogen-bond donors (Lipinski definition) is 0. The average molecular weight is 521 g/mol. The molecule has 0 radical (unpaired) electrons. The summed E-state index contributed by atoms with van der Waals surface area (Å²) in [7, 11) is 0.954. The Morgan fingerprint density at radius 1 is 0.676 bits per heavy atom. The quantitative estimate of drug-likeness (QED) is 0.125. The van der Waals surface area contributed by atoms with Crippen LogP contribution in [0.4, 0.5) is 0 Å². The van der Waals surface area contributed by atoms with Gasteiger partial charge in [0.25, 0.3) is 0 Å². The average Bonchev–Trinajstić information content (AvgIpc) is 2.68. The fraction of sp³-hybridized carbons (Fsp3) is 1.00. The lowest BCUT2D eigenvalue weighted by Crippen LogP contribution is -2.15. The summed E-state index contributed by atoms with van der Waals surface area (Å²) in [5.74, 6) is 0.955. The summed E-state index contributed by atoms with van der Waals surface area (Å²) in [6.45, 7) is 20.7. The first kappa shape index (κ1) is 36.8. The van der Waals surface area contributed by atoms with Gasteiger partial charge in [0.1, 0.15) is 0 Å². The number of unbranched alkanes of at least 4 members (excludes halogenated alkanes) is 11. The third-order valence-corrected chi connectivity index (χ3v) is 7.95. The number of rotatable bonds is 19. The maximum absolute atomic E-state index is 12.0. The van der Waals surface area contributed by atoms with Gasteiger partial charge in [-0.3, -0.25) is 4.57 Å². The highest BCUT2D eigenvalue weighted by Gasteiger charge is 2.19. The van der Waals surface area contributed by atoms with Gasteiger partial charge in [-0.05, 0) is 48.1 Å². The van der Waals surface area contributed by atoms with E-state index < -0.39 is 8.03 Å². The van der Waals surface area contributed by atoms with E-state index in [0.29, 0.717) is 29.3 Å². The molecule has 0 aliphatic heterocycles. The van der Waals surface area contributed by atoms with E-state index in [0.717, 1.165) is 19.0 Å². The number of hydrogen-bond acceptors (Lipinski definition) is 2. The van der Waals surface area contributed by atoms with Crippen LogP contribution in [0.25, 0.3) is 0 Å². The van der Waals surface area contributed by atoms with Gasteiger partial charge in [0.2, 0.25) is 0 Å². The Morgan fingerprint density at radius 2 is 1.06 bits per heavy atom. The van der Waals surface area contributed by atoms with Crippen LogP contribution in [0.1, 0.15) is 152 Å². The van der Waals surface area contributed by atoms with Crippen LogP contribution in [0.5, 0.6) is 0 Å². The Hall–Kier alpha value is 0.620. The molecule has 0 rings (SSSR count). The highest BCUT2D eigenvalue weighted by Crippen LogP contribution is 2.33. The summed E-state index contributed by atoms with van der Waals surface area (Å²) < 4.78 is 17.6. The molecule has 0 fully saturated rings. The van der Waals surface area contributed by atoms with Crippen molar-refractivity contribution in [2.45, 2.75) is 152 Å². The Labute approximate surface area is 220 Å². The molecule has 0 amide bonds. The molecule has 2 nitrogen and oxygen atoms in total. The molecule has 0 aromatic heterocycles. The van der Waals surface area contributed by atoms with Crippen LogP contribution < -0.4 is 0 Å². The molecule has 0 aromatic rings. The van der Waals surface area contributed by atoms with Crippen LogP contribution in [0, 0.1) is 22.7 Å². The molecule has 0 spiro atoms. The zero-order valence-electron chi connectivity index (χ0n) is 25.1. The fourth-order valence-electron chi connectivity index (χ4n) is 4.79. The topological polar surface area (TPSA) is 26.3 Å². The lowest BCUT2D eigenvalue weighted by molar-refractivity contribution is 0.213. The van der Waals surface area contributed by atoms with E-state index in [4.69, 9.17) is 4.52 Å². The van der Waals surface area contributed by atoms with E-state index in [1.165, 1.54) is 83.2 Å². The Kier molecular flexibility index (Phi) is 24.6. The van der Waals surface area contributed by atoms with Gasteiger partial charge < -0.3 is 4.52 Å². The van der Waals surface area contributed by atoms with Gasteiger partial charge in [-0.2, -0.15) is 0 Å². The van der Waals surface area contributed by atoms with Gasteiger partial charge in [0, 0.05) is 6.16 Å². The Balaban J connectivity index is 0. The highest BCUT2D eigenvalue weighted by atomic mass is 31.1. The van der Waals surface area contributed by atoms with Crippen molar-refractivity contribution in [2.24, 2.45) is 22.7 Å². The van der Waals surface area contributed by atoms with E-state index in [1.54, 1.807) is 0 Å². The van der Waals surface area contributed by atoms with Gasteiger partial charge in [0.05, 0.1) is 6.61 Å². The van der Waals surface area contributed by atoms with Gasteiger partial charge in [-0.1, -0.05) is 133 Å². The maximum Gasteiger partial charge on any atom is 0.191 e. The zero-order chi connectivity index (χ0) is 26.5. The Bertz CT molecular complexity index is 440. The maximum atomic E-state index is 12.0. The first-order chi connectivity index (χ1) is 15.8. The minimum Gasteiger partial charge on any atom is -0.330 e. The van der Waals surface area contributed by atoms with Crippen LogP contribution in [-0.2, 0) is 9.09 Å². The Morgan fingerprint density at radius 3 is 1.44 bits per heavy atom. The molecule has 0 N–H and O–H groups in total. The van der Waals surface area contributed by atoms with Crippen molar-refractivity contribution in [3.8, 4) is 0 Å². The third-order valence-electron chi connectivity index (χ3n) is 6.02. The van der Waals surface area contributed by atoms with E-state index in [9.17, 15) is 4.57 Å². The molecule has 0 aromatic carbocycles. The van der Waals surface area contributed by atoms with Crippen molar-refractivity contribution in [3.63, 3.8) is 0 Å². The zero-order valence-corrected chi connectivity index (χ0v) is 27.2. The molecule has 0 bridgehead atoms. The van der Waals surface area contributed by atoms with Gasteiger partial charge in [-0.15, -0.1) is 9.24 Å². The summed E-state index contributed by atoms with van der Waals surface area (Å²) >= 11 is 0. The molecule has 208 valence electrons. The molecule has 4 unspecified atom stereocenters. The second kappa shape index (κ2) is 22.8. The standard InChI is InChI=1S/C16H35O2P.C14H31P/c1-13(9-15(3,4)5)11-18-19(17)12-14(2)10-16(6,7)8;1-2-3-4-5-6-7-8-9-10-11-12-13-14-15/h13-14,19H,9-12H2,1-8H3;2-15H2,1H3. The second-order valence-electron chi connectivity index (χ2n) is 13.3. The molecule has 0 saturated carbocycles. The molecule has 0 aliphatic carbocycles. The second-order valence-corrected chi connectivity index (χ2v) is 15.3.